The molecule has 62 valence electrons. The largest absolute Gasteiger partial charge is 0.353 e. The number of carbonyl (C=O) groups excluding carboxylic acids is 2. The Morgan fingerprint density at radius 3 is 2.82 bits per heavy atom. The second kappa shape index (κ2) is 2.90. The van der Waals surface area contributed by atoms with Crippen LogP contribution in [0.3, 0.4) is 0 Å². The quantitative estimate of drug-likeness (QED) is 0.507. The van der Waals surface area contributed by atoms with Gasteiger partial charge in [-0.15, -0.1) is 0 Å². The molecule has 0 aliphatic carbocycles. The van der Waals surface area contributed by atoms with Crippen LogP contribution in [0.2, 0.25) is 0 Å². The number of rotatable bonds is 0. The molecule has 0 aromatic heterocycles. The smallest absolute Gasteiger partial charge is 0.242 e. The predicted molar refractivity (Wildman–Crippen MR) is 39.9 cm³/mol. The summed E-state index contributed by atoms with van der Waals surface area (Å²) >= 11 is 0. The van der Waals surface area contributed by atoms with Crippen LogP contribution in [-0.2, 0) is 9.59 Å². The second-order valence-electron chi connectivity index (χ2n) is 2.68. The lowest BCUT2D eigenvalue weighted by atomic mass is 10.2. The van der Waals surface area contributed by atoms with Crippen molar-refractivity contribution < 1.29 is 9.59 Å². The van der Waals surface area contributed by atoms with Crippen molar-refractivity contribution in [3.05, 3.63) is 0 Å². The Morgan fingerprint density at radius 1 is 1.73 bits per heavy atom. The highest BCUT2D eigenvalue weighted by Gasteiger charge is 2.26. The summed E-state index contributed by atoms with van der Waals surface area (Å²) in [6, 6.07) is -0.304. The molecule has 1 atom stereocenters. The van der Waals surface area contributed by atoms with Gasteiger partial charge >= 0.3 is 0 Å². The summed E-state index contributed by atoms with van der Waals surface area (Å²) < 4.78 is 0. The molecule has 11 heavy (non-hydrogen) atoms. The molecule has 1 aliphatic heterocycles. The van der Waals surface area contributed by atoms with Crippen LogP contribution in [0.4, 0.5) is 0 Å². The molecule has 1 saturated heterocycles. The second-order valence-corrected chi connectivity index (χ2v) is 2.68. The minimum absolute atomic E-state index is 0.0349. The maximum atomic E-state index is 11.0. The number of amides is 2. The zero-order chi connectivity index (χ0) is 8.43. The van der Waals surface area contributed by atoms with Gasteiger partial charge in [0, 0.05) is 20.0 Å². The highest BCUT2D eigenvalue weighted by molar-refractivity contribution is 5.87. The molecule has 1 fully saturated rings. The van der Waals surface area contributed by atoms with Gasteiger partial charge in [-0.3, -0.25) is 9.59 Å². The van der Waals surface area contributed by atoms with Crippen LogP contribution in [0.25, 0.3) is 0 Å². The number of hydrogen-bond donors (Lipinski definition) is 1. The topological polar surface area (TPSA) is 49.4 Å². The van der Waals surface area contributed by atoms with Crippen LogP contribution < -0.4 is 5.32 Å². The van der Waals surface area contributed by atoms with Crippen LogP contribution >= 0.6 is 0 Å². The van der Waals surface area contributed by atoms with Crippen molar-refractivity contribution in [1.82, 2.24) is 10.2 Å². The molecular formula is C7H12N2O2. The molecule has 0 spiro atoms. The predicted octanol–water partition coefficient (Wildman–Crippen LogP) is -0.647. The van der Waals surface area contributed by atoms with E-state index in [0.29, 0.717) is 13.1 Å². The number of nitrogens with zero attached hydrogens (tertiary/aromatic N) is 1. The molecule has 4 heteroatoms. The van der Waals surface area contributed by atoms with Gasteiger partial charge in [-0.2, -0.15) is 0 Å². The average molecular weight is 156 g/mol. The summed E-state index contributed by atoms with van der Waals surface area (Å²) in [4.78, 5) is 23.5. The Morgan fingerprint density at radius 2 is 2.36 bits per heavy atom. The zero-order valence-corrected chi connectivity index (χ0v) is 6.76. The summed E-state index contributed by atoms with van der Waals surface area (Å²) in [6.45, 7) is 4.41. The van der Waals surface area contributed by atoms with E-state index in [-0.39, 0.29) is 17.9 Å². The molecule has 0 bridgehead atoms. The fraction of sp³-hybridized carbons (Fsp3) is 0.714. The Hall–Kier alpha value is -1.06. The Bertz CT molecular complexity index is 191. The van der Waals surface area contributed by atoms with Crippen molar-refractivity contribution in [3.8, 4) is 0 Å². The molecule has 0 radical (unpaired) electrons. The number of carbonyl (C=O) groups is 2. The average Bonchev–Trinajstić information content (AvgIpc) is 1.94. The maximum absolute atomic E-state index is 11.0. The lowest BCUT2D eigenvalue weighted by Gasteiger charge is -2.31. The number of hydrogen-bond acceptors (Lipinski definition) is 2. The molecule has 1 heterocycles. The van der Waals surface area contributed by atoms with E-state index >= 15 is 0 Å². The van der Waals surface area contributed by atoms with Gasteiger partial charge in [0.1, 0.15) is 6.04 Å². The minimum atomic E-state index is -0.304. The molecule has 0 saturated carbocycles. The van der Waals surface area contributed by atoms with E-state index < -0.39 is 0 Å². The van der Waals surface area contributed by atoms with E-state index in [1.807, 2.05) is 0 Å². The molecule has 1 aliphatic rings. The van der Waals surface area contributed by atoms with Crippen molar-refractivity contribution in [2.45, 2.75) is 19.9 Å². The summed E-state index contributed by atoms with van der Waals surface area (Å²) in [7, 11) is 0. The van der Waals surface area contributed by atoms with Crippen molar-refractivity contribution >= 4 is 11.8 Å². The Kier molecular flexibility index (Phi) is 2.12. The van der Waals surface area contributed by atoms with Crippen LogP contribution in [0.15, 0.2) is 0 Å². The number of piperazine rings is 1. The third kappa shape index (κ3) is 1.50. The first kappa shape index (κ1) is 8.04. The molecule has 1 N–H and O–H groups in total. The van der Waals surface area contributed by atoms with Crippen molar-refractivity contribution in [3.63, 3.8) is 0 Å². The van der Waals surface area contributed by atoms with Crippen LogP contribution in [0.1, 0.15) is 13.8 Å². The standard InChI is InChI=1S/C7H12N2O2/c1-5-7(11)8-3-4-9(5)6(2)10/h5H,3-4H2,1-2H3,(H,8,11). The first-order valence-corrected chi connectivity index (χ1v) is 3.68. The molecule has 4 nitrogen and oxygen atoms in total. The first-order valence-electron chi connectivity index (χ1n) is 3.68. The molecule has 2 amide bonds. The van der Waals surface area contributed by atoms with Crippen molar-refractivity contribution in [2.24, 2.45) is 0 Å². The van der Waals surface area contributed by atoms with Gasteiger partial charge < -0.3 is 10.2 Å². The SMILES string of the molecule is CC(=O)N1CCNC(=O)C1C. The van der Waals surface area contributed by atoms with Crippen molar-refractivity contribution in [1.29, 1.82) is 0 Å². The fourth-order valence-electron chi connectivity index (χ4n) is 1.21. The van der Waals surface area contributed by atoms with Gasteiger partial charge in [-0.25, -0.2) is 0 Å². The van der Waals surface area contributed by atoms with E-state index in [9.17, 15) is 9.59 Å². The monoisotopic (exact) mass is 156 g/mol. The summed E-state index contributed by atoms with van der Waals surface area (Å²) in [6.07, 6.45) is 0. The number of nitrogens with one attached hydrogen (secondary N) is 1. The zero-order valence-electron chi connectivity index (χ0n) is 6.76. The highest BCUT2D eigenvalue weighted by atomic mass is 16.2. The Balaban J connectivity index is 2.65. The lowest BCUT2D eigenvalue weighted by Crippen LogP contribution is -2.55. The maximum Gasteiger partial charge on any atom is 0.242 e. The molecular weight excluding hydrogens is 144 g/mol. The summed E-state index contributed by atoms with van der Waals surface area (Å²) in [5.74, 6) is -0.0983. The van der Waals surface area contributed by atoms with E-state index in [2.05, 4.69) is 5.32 Å². The minimum Gasteiger partial charge on any atom is -0.353 e. The normalized spacial score (nSPS) is 24.7. The third-order valence-electron chi connectivity index (χ3n) is 1.90. The molecule has 1 rings (SSSR count). The third-order valence-corrected chi connectivity index (χ3v) is 1.90. The van der Waals surface area contributed by atoms with Gasteiger partial charge in [0.05, 0.1) is 0 Å². The van der Waals surface area contributed by atoms with E-state index in [1.54, 1.807) is 11.8 Å². The fourth-order valence-corrected chi connectivity index (χ4v) is 1.21. The highest BCUT2D eigenvalue weighted by Crippen LogP contribution is 2.02. The molecule has 1 unspecified atom stereocenters. The lowest BCUT2D eigenvalue weighted by molar-refractivity contribution is -0.140. The summed E-state index contributed by atoms with van der Waals surface area (Å²) in [5, 5.41) is 2.68. The van der Waals surface area contributed by atoms with Crippen LogP contribution in [0.5, 0.6) is 0 Å². The van der Waals surface area contributed by atoms with Gasteiger partial charge in [-0.1, -0.05) is 0 Å². The van der Waals surface area contributed by atoms with Gasteiger partial charge in [0.25, 0.3) is 0 Å². The first-order chi connectivity index (χ1) is 5.13. The van der Waals surface area contributed by atoms with E-state index in [4.69, 9.17) is 0 Å². The van der Waals surface area contributed by atoms with Crippen molar-refractivity contribution in [2.75, 3.05) is 13.1 Å². The van der Waals surface area contributed by atoms with Crippen LogP contribution in [-0.4, -0.2) is 35.8 Å². The van der Waals surface area contributed by atoms with Gasteiger partial charge in [0.2, 0.25) is 11.8 Å². The van der Waals surface area contributed by atoms with Gasteiger partial charge in [0.15, 0.2) is 0 Å². The van der Waals surface area contributed by atoms with E-state index in [1.165, 1.54) is 6.92 Å². The Labute approximate surface area is 65.6 Å². The summed E-state index contributed by atoms with van der Waals surface area (Å²) in [5.41, 5.74) is 0. The molecule has 0 aromatic rings. The van der Waals surface area contributed by atoms with Crippen LogP contribution in [0, 0.1) is 0 Å². The van der Waals surface area contributed by atoms with Gasteiger partial charge in [-0.05, 0) is 6.92 Å². The molecule has 0 aromatic carbocycles. The van der Waals surface area contributed by atoms with E-state index in [0.717, 1.165) is 0 Å².